The third-order valence-electron chi connectivity index (χ3n) is 8.04. The number of hydrogen-bond donors (Lipinski definition) is 2. The monoisotopic (exact) mass is 709 g/mol. The first-order valence-corrected chi connectivity index (χ1v) is 17.4. The molecule has 13 heteroatoms. The summed E-state index contributed by atoms with van der Waals surface area (Å²) in [4.78, 5) is 27.0. The van der Waals surface area contributed by atoms with E-state index in [0.29, 0.717) is 33.6 Å². The van der Waals surface area contributed by atoms with E-state index in [1.165, 1.54) is 47.3 Å². The number of anilines is 2. The number of hydrogen-bond acceptors (Lipinski definition) is 8. The summed E-state index contributed by atoms with van der Waals surface area (Å²) >= 11 is 0. The highest BCUT2D eigenvalue weighted by Crippen LogP contribution is 2.34. The number of nitrogens with zero attached hydrogens (tertiary/aromatic N) is 3. The SMILES string of the molecule is Cc1ccc(S(=O)(=O)n2c(C(=O)c3cnn(-c4ccc(Oc5ccccc5F)cc4C)c3N)cc3cc(C)c(NC(=O)OC(C)(C)C)cc32)cc1. The number of amides is 1. The number of halogens is 1. The van der Waals surface area contributed by atoms with Gasteiger partial charge in [-0.3, -0.25) is 10.1 Å². The van der Waals surface area contributed by atoms with Gasteiger partial charge in [-0.15, -0.1) is 0 Å². The Labute approximate surface area is 294 Å². The summed E-state index contributed by atoms with van der Waals surface area (Å²) in [5.74, 6) is -0.785. The lowest BCUT2D eigenvalue weighted by molar-refractivity contribution is 0.0635. The number of carbonyl (C=O) groups is 2. The summed E-state index contributed by atoms with van der Waals surface area (Å²) in [5, 5.41) is 7.51. The minimum atomic E-state index is -4.36. The number of ketones is 1. The number of nitrogens with one attached hydrogen (secondary N) is 1. The van der Waals surface area contributed by atoms with E-state index in [-0.39, 0.29) is 33.2 Å². The fourth-order valence-electron chi connectivity index (χ4n) is 5.57. The summed E-state index contributed by atoms with van der Waals surface area (Å²) in [7, 11) is -4.36. The Bertz CT molecular complexity index is 2440. The van der Waals surface area contributed by atoms with Gasteiger partial charge in [0.2, 0.25) is 5.78 Å². The predicted molar refractivity (Wildman–Crippen MR) is 193 cm³/mol. The van der Waals surface area contributed by atoms with Crippen molar-refractivity contribution in [3.8, 4) is 17.2 Å². The van der Waals surface area contributed by atoms with Gasteiger partial charge in [-0.05, 0) is 113 Å². The Morgan fingerprint density at radius 1 is 0.902 bits per heavy atom. The average molecular weight is 710 g/mol. The van der Waals surface area contributed by atoms with Crippen LogP contribution in [0.3, 0.4) is 0 Å². The van der Waals surface area contributed by atoms with Gasteiger partial charge in [-0.1, -0.05) is 29.8 Å². The Morgan fingerprint density at radius 3 is 2.27 bits per heavy atom. The molecule has 0 bridgehead atoms. The molecule has 0 atom stereocenters. The highest BCUT2D eigenvalue weighted by atomic mass is 32.2. The van der Waals surface area contributed by atoms with E-state index in [0.717, 1.165) is 9.54 Å². The van der Waals surface area contributed by atoms with Gasteiger partial charge in [0.05, 0.1) is 27.9 Å². The molecule has 0 saturated heterocycles. The number of benzene rings is 4. The number of carbonyl (C=O) groups excluding carboxylic acids is 2. The van der Waals surface area contributed by atoms with Crippen LogP contribution in [0.25, 0.3) is 16.6 Å². The number of ether oxygens (including phenoxy) is 2. The van der Waals surface area contributed by atoms with E-state index in [1.807, 2.05) is 6.92 Å². The van der Waals surface area contributed by atoms with Crippen LogP contribution >= 0.6 is 0 Å². The fourth-order valence-corrected chi connectivity index (χ4v) is 7.08. The van der Waals surface area contributed by atoms with Crippen molar-refractivity contribution in [3.63, 3.8) is 0 Å². The molecule has 0 unspecified atom stereocenters. The largest absolute Gasteiger partial charge is 0.454 e. The second-order valence-corrected chi connectivity index (χ2v) is 14.9. The molecule has 51 heavy (non-hydrogen) atoms. The average Bonchev–Trinajstić information content (AvgIpc) is 3.62. The number of para-hydroxylation sites is 1. The van der Waals surface area contributed by atoms with Gasteiger partial charge < -0.3 is 15.2 Å². The van der Waals surface area contributed by atoms with Gasteiger partial charge in [-0.25, -0.2) is 26.3 Å². The molecular weight excluding hydrogens is 674 g/mol. The molecule has 6 rings (SSSR count). The highest BCUT2D eigenvalue weighted by Gasteiger charge is 2.30. The lowest BCUT2D eigenvalue weighted by Crippen LogP contribution is -2.27. The van der Waals surface area contributed by atoms with Gasteiger partial charge in [0, 0.05) is 11.1 Å². The number of fused-ring (bicyclic) bond motifs is 1. The first-order valence-electron chi connectivity index (χ1n) is 15.9. The first-order chi connectivity index (χ1) is 24.0. The zero-order chi connectivity index (χ0) is 36.8. The van der Waals surface area contributed by atoms with Crippen LogP contribution in [-0.4, -0.2) is 39.6 Å². The summed E-state index contributed by atoms with van der Waals surface area (Å²) in [6.45, 7) is 10.5. The molecule has 2 aromatic heterocycles. The van der Waals surface area contributed by atoms with E-state index < -0.39 is 33.3 Å². The molecule has 0 spiro atoms. The van der Waals surface area contributed by atoms with Crippen LogP contribution in [-0.2, 0) is 14.8 Å². The summed E-state index contributed by atoms with van der Waals surface area (Å²) in [5.41, 5.74) is 8.66. The Morgan fingerprint density at radius 2 is 1.61 bits per heavy atom. The highest BCUT2D eigenvalue weighted by molar-refractivity contribution is 7.90. The lowest BCUT2D eigenvalue weighted by atomic mass is 10.1. The second kappa shape index (κ2) is 13.1. The van der Waals surface area contributed by atoms with Gasteiger partial charge in [0.15, 0.2) is 11.6 Å². The van der Waals surface area contributed by atoms with E-state index in [4.69, 9.17) is 15.2 Å². The van der Waals surface area contributed by atoms with Crippen molar-refractivity contribution in [3.05, 3.63) is 125 Å². The molecule has 0 radical (unpaired) electrons. The third-order valence-corrected chi connectivity index (χ3v) is 9.78. The molecule has 2 heterocycles. The quantitative estimate of drug-likeness (QED) is 0.151. The Balaban J connectivity index is 1.43. The lowest BCUT2D eigenvalue weighted by Gasteiger charge is -2.20. The van der Waals surface area contributed by atoms with Crippen LogP contribution in [0.1, 0.15) is 53.5 Å². The standard InChI is InChI=1S/C38H36FN5O6S/c1-22-11-14-27(15-12-22)51(47,48)44-32-20-30(42-37(46)50-38(4,5)6)23(2)17-25(32)19-33(44)35(45)28-21-41-43(36(28)40)31-16-13-26(18-24(31)3)49-34-10-8-7-9-29(34)39/h7-21H,40H2,1-6H3,(H,42,46). The molecule has 0 aliphatic rings. The van der Waals surface area contributed by atoms with Crippen LogP contribution < -0.4 is 15.8 Å². The zero-order valence-corrected chi connectivity index (χ0v) is 29.6. The van der Waals surface area contributed by atoms with Crippen LogP contribution in [0.2, 0.25) is 0 Å². The molecule has 6 aromatic rings. The minimum Gasteiger partial charge on any atom is -0.454 e. The van der Waals surface area contributed by atoms with Gasteiger partial charge >= 0.3 is 6.09 Å². The summed E-state index contributed by atoms with van der Waals surface area (Å²) in [6.07, 6.45) is 0.560. The smallest absolute Gasteiger partial charge is 0.412 e. The molecule has 4 aromatic carbocycles. The normalized spacial score (nSPS) is 11.8. The van der Waals surface area contributed by atoms with E-state index in [2.05, 4.69) is 10.4 Å². The van der Waals surface area contributed by atoms with Crippen molar-refractivity contribution in [1.82, 2.24) is 13.8 Å². The van der Waals surface area contributed by atoms with Crippen molar-refractivity contribution in [2.45, 2.75) is 52.0 Å². The minimum absolute atomic E-state index is 0.0288. The van der Waals surface area contributed by atoms with Crippen LogP contribution in [0.5, 0.6) is 11.5 Å². The van der Waals surface area contributed by atoms with Gasteiger partial charge in [0.25, 0.3) is 10.0 Å². The summed E-state index contributed by atoms with van der Waals surface area (Å²) < 4.78 is 56.3. The molecule has 0 aliphatic heterocycles. The Kier molecular flexibility index (Phi) is 8.94. The zero-order valence-electron chi connectivity index (χ0n) is 28.8. The topological polar surface area (TPSA) is 148 Å². The van der Waals surface area contributed by atoms with Crippen molar-refractivity contribution in [1.29, 1.82) is 0 Å². The van der Waals surface area contributed by atoms with Crippen molar-refractivity contribution >= 4 is 44.3 Å². The van der Waals surface area contributed by atoms with E-state index >= 15 is 0 Å². The van der Waals surface area contributed by atoms with Crippen molar-refractivity contribution in [2.24, 2.45) is 0 Å². The van der Waals surface area contributed by atoms with Crippen molar-refractivity contribution in [2.75, 3.05) is 11.1 Å². The molecule has 262 valence electrons. The number of aromatic nitrogens is 3. The maximum atomic E-state index is 14.3. The van der Waals surface area contributed by atoms with E-state index in [9.17, 15) is 22.4 Å². The van der Waals surface area contributed by atoms with E-state index in [1.54, 1.807) is 83.1 Å². The molecular formula is C38H36FN5O6S. The molecule has 3 N–H and O–H groups in total. The van der Waals surface area contributed by atoms with Crippen LogP contribution in [0.4, 0.5) is 20.7 Å². The van der Waals surface area contributed by atoms with Crippen LogP contribution in [0, 0.1) is 26.6 Å². The predicted octanol–water partition coefficient (Wildman–Crippen LogP) is 8.08. The number of nitrogen functional groups attached to an aromatic ring is 1. The molecule has 11 nitrogen and oxygen atoms in total. The fraction of sp³-hybridized carbons (Fsp3) is 0.184. The number of rotatable bonds is 8. The van der Waals surface area contributed by atoms with Crippen LogP contribution in [0.15, 0.2) is 96.0 Å². The van der Waals surface area contributed by atoms with Crippen molar-refractivity contribution < 1.29 is 31.9 Å². The summed E-state index contributed by atoms with van der Waals surface area (Å²) in [6, 6.07) is 21.9. The molecule has 0 fully saturated rings. The number of nitrogens with two attached hydrogens (primary N) is 1. The maximum absolute atomic E-state index is 14.3. The molecule has 0 aliphatic carbocycles. The first kappa shape index (κ1) is 34.9. The maximum Gasteiger partial charge on any atom is 0.412 e. The second-order valence-electron chi connectivity index (χ2n) is 13.1. The third kappa shape index (κ3) is 6.93. The molecule has 0 saturated carbocycles. The number of aryl methyl sites for hydroxylation is 3. The van der Waals surface area contributed by atoms with Gasteiger partial charge in [0.1, 0.15) is 22.9 Å². The van der Waals surface area contributed by atoms with Gasteiger partial charge in [-0.2, -0.15) is 5.10 Å². The molecule has 1 amide bonds. The Hall–Kier alpha value is -5.95.